The summed E-state index contributed by atoms with van der Waals surface area (Å²) in [5.74, 6) is -0.734. The Bertz CT molecular complexity index is 302. The number of carbonyl (C=O) groups excluding carboxylic acids is 1. The van der Waals surface area contributed by atoms with E-state index in [9.17, 15) is 9.18 Å². The third kappa shape index (κ3) is 2.83. The highest BCUT2D eigenvalue weighted by molar-refractivity contribution is 5.70. The first-order valence-electron chi connectivity index (χ1n) is 4.53. The van der Waals surface area contributed by atoms with Gasteiger partial charge in [0.2, 0.25) is 0 Å². The van der Waals surface area contributed by atoms with Crippen LogP contribution in [0.3, 0.4) is 0 Å². The Hall–Kier alpha value is -1.38. The zero-order valence-electron chi connectivity index (χ0n) is 8.13. The van der Waals surface area contributed by atoms with Gasteiger partial charge in [-0.1, -0.05) is 12.7 Å². The Labute approximate surface area is 82.8 Å². The van der Waals surface area contributed by atoms with Crippen LogP contribution in [0.4, 0.5) is 4.39 Å². The molecule has 0 N–H and O–H groups in total. The van der Waals surface area contributed by atoms with Crippen LogP contribution < -0.4 is 0 Å². The number of ether oxygens (including phenoxy) is 1. The van der Waals surface area contributed by atoms with E-state index in [1.807, 2.05) is 0 Å². The van der Waals surface area contributed by atoms with Crippen LogP contribution in [0.15, 0.2) is 36.2 Å². The molecule has 0 saturated carbocycles. The fraction of sp³-hybridized carbons (Fsp3) is 0.364. The molecular weight excluding hydrogens is 183 g/mol. The minimum atomic E-state index is -0.324. The molecule has 0 aromatic carbocycles. The van der Waals surface area contributed by atoms with Gasteiger partial charge < -0.3 is 4.74 Å². The molecule has 0 aromatic rings. The Morgan fingerprint density at radius 3 is 3.00 bits per heavy atom. The summed E-state index contributed by atoms with van der Waals surface area (Å²) < 4.78 is 17.5. The van der Waals surface area contributed by atoms with E-state index in [2.05, 4.69) is 6.58 Å². The van der Waals surface area contributed by atoms with Gasteiger partial charge in [-0.2, -0.15) is 0 Å². The fourth-order valence-corrected chi connectivity index (χ4v) is 1.26. The molecule has 0 saturated heterocycles. The second kappa shape index (κ2) is 4.74. The summed E-state index contributed by atoms with van der Waals surface area (Å²) in [6.07, 6.45) is 4.55. The van der Waals surface area contributed by atoms with E-state index < -0.39 is 0 Å². The van der Waals surface area contributed by atoms with Crippen molar-refractivity contribution in [1.82, 2.24) is 0 Å². The van der Waals surface area contributed by atoms with Crippen LogP contribution in [0.25, 0.3) is 0 Å². The molecule has 0 heterocycles. The van der Waals surface area contributed by atoms with Crippen molar-refractivity contribution < 1.29 is 13.9 Å². The van der Waals surface area contributed by atoms with Crippen LogP contribution in [0.1, 0.15) is 13.3 Å². The van der Waals surface area contributed by atoms with Crippen molar-refractivity contribution in [3.63, 3.8) is 0 Å². The average Bonchev–Trinajstić information content (AvgIpc) is 2.10. The molecule has 3 heteroatoms. The van der Waals surface area contributed by atoms with E-state index in [1.54, 1.807) is 13.0 Å². The predicted octanol–water partition coefficient (Wildman–Crippen LogP) is 2.54. The molecule has 1 unspecified atom stereocenters. The summed E-state index contributed by atoms with van der Waals surface area (Å²) in [4.78, 5) is 11.1. The number of hydrogen-bond donors (Lipinski definition) is 0. The molecule has 0 aromatic heterocycles. The zero-order valence-corrected chi connectivity index (χ0v) is 8.13. The van der Waals surface area contributed by atoms with Gasteiger partial charge in [0.15, 0.2) is 0 Å². The molecule has 1 aliphatic rings. The van der Waals surface area contributed by atoms with Gasteiger partial charge >= 0.3 is 5.97 Å². The van der Waals surface area contributed by atoms with Gasteiger partial charge in [0.05, 0.1) is 13.0 Å². The molecule has 0 radical (unpaired) electrons. The normalized spacial score (nSPS) is 20.6. The number of carbonyl (C=O) groups is 1. The Morgan fingerprint density at radius 1 is 1.71 bits per heavy atom. The number of halogens is 1. The monoisotopic (exact) mass is 196 g/mol. The Kier molecular flexibility index (Phi) is 3.63. The first-order chi connectivity index (χ1) is 6.63. The average molecular weight is 196 g/mol. The van der Waals surface area contributed by atoms with Crippen LogP contribution in [0, 0.1) is 5.92 Å². The van der Waals surface area contributed by atoms with Crippen molar-refractivity contribution >= 4 is 5.97 Å². The molecule has 1 atom stereocenters. The maximum absolute atomic E-state index is 12.7. The lowest BCUT2D eigenvalue weighted by molar-refractivity contribution is -0.143. The fourth-order valence-electron chi connectivity index (χ4n) is 1.26. The SMILES string of the molecule is C=C1C=C(F)C=CC1CC(=O)OCC. The topological polar surface area (TPSA) is 26.3 Å². The van der Waals surface area contributed by atoms with Crippen LogP contribution >= 0.6 is 0 Å². The lowest BCUT2D eigenvalue weighted by Crippen LogP contribution is -2.12. The van der Waals surface area contributed by atoms with E-state index >= 15 is 0 Å². The third-order valence-corrected chi connectivity index (χ3v) is 1.98. The summed E-state index contributed by atoms with van der Waals surface area (Å²) in [6.45, 7) is 5.80. The second-order valence-corrected chi connectivity index (χ2v) is 3.08. The highest BCUT2D eigenvalue weighted by Gasteiger charge is 2.16. The number of hydrogen-bond acceptors (Lipinski definition) is 2. The smallest absolute Gasteiger partial charge is 0.306 e. The van der Waals surface area contributed by atoms with Crippen molar-refractivity contribution in [3.8, 4) is 0 Å². The van der Waals surface area contributed by atoms with Crippen LogP contribution in [-0.2, 0) is 9.53 Å². The van der Waals surface area contributed by atoms with Gasteiger partial charge in [0.1, 0.15) is 5.83 Å². The van der Waals surface area contributed by atoms with E-state index in [0.29, 0.717) is 12.2 Å². The number of esters is 1. The van der Waals surface area contributed by atoms with Gasteiger partial charge in [0.25, 0.3) is 0 Å². The van der Waals surface area contributed by atoms with Crippen LogP contribution in [0.5, 0.6) is 0 Å². The lowest BCUT2D eigenvalue weighted by Gasteiger charge is -2.15. The Morgan fingerprint density at radius 2 is 2.43 bits per heavy atom. The molecule has 2 nitrogen and oxygen atoms in total. The van der Waals surface area contributed by atoms with Crippen molar-refractivity contribution in [2.45, 2.75) is 13.3 Å². The van der Waals surface area contributed by atoms with Gasteiger partial charge in [-0.25, -0.2) is 4.39 Å². The van der Waals surface area contributed by atoms with Crippen molar-refractivity contribution in [1.29, 1.82) is 0 Å². The lowest BCUT2D eigenvalue weighted by atomic mass is 9.92. The molecule has 1 rings (SSSR count). The standard InChI is InChI=1S/C11H13FO2/c1-3-14-11(13)7-9-4-5-10(12)6-8(9)2/h4-6,9H,2-3,7H2,1H3. The predicted molar refractivity (Wildman–Crippen MR) is 52.2 cm³/mol. The molecule has 0 aliphatic heterocycles. The summed E-state index contributed by atoms with van der Waals surface area (Å²) in [5, 5.41) is 0. The summed E-state index contributed by atoms with van der Waals surface area (Å²) >= 11 is 0. The molecule has 14 heavy (non-hydrogen) atoms. The van der Waals surface area contributed by atoms with Crippen molar-refractivity contribution in [2.75, 3.05) is 6.61 Å². The van der Waals surface area contributed by atoms with E-state index in [4.69, 9.17) is 4.74 Å². The maximum Gasteiger partial charge on any atom is 0.306 e. The second-order valence-electron chi connectivity index (χ2n) is 3.08. The highest BCUT2D eigenvalue weighted by atomic mass is 19.1. The molecular formula is C11H13FO2. The van der Waals surface area contributed by atoms with E-state index in [-0.39, 0.29) is 24.1 Å². The van der Waals surface area contributed by atoms with Crippen molar-refractivity contribution in [3.05, 3.63) is 36.2 Å². The summed E-state index contributed by atoms with van der Waals surface area (Å²) in [6, 6.07) is 0. The zero-order chi connectivity index (χ0) is 10.6. The quantitative estimate of drug-likeness (QED) is 0.648. The van der Waals surface area contributed by atoms with Crippen molar-refractivity contribution in [2.24, 2.45) is 5.92 Å². The minimum absolute atomic E-state index is 0.131. The summed E-state index contributed by atoms with van der Waals surface area (Å²) in [5.41, 5.74) is 0.609. The van der Waals surface area contributed by atoms with Gasteiger partial charge in [0, 0.05) is 5.92 Å². The number of allylic oxidation sites excluding steroid dienone is 5. The molecule has 0 spiro atoms. The molecule has 0 bridgehead atoms. The third-order valence-electron chi connectivity index (χ3n) is 1.98. The first-order valence-corrected chi connectivity index (χ1v) is 4.53. The Balaban J connectivity index is 2.52. The molecule has 76 valence electrons. The van der Waals surface area contributed by atoms with Crippen LogP contribution in [0.2, 0.25) is 0 Å². The molecule has 0 fully saturated rings. The first kappa shape index (κ1) is 10.7. The molecule has 1 aliphatic carbocycles. The van der Waals surface area contributed by atoms with Gasteiger partial charge in [-0.3, -0.25) is 4.79 Å². The maximum atomic E-state index is 12.7. The van der Waals surface area contributed by atoms with Gasteiger partial charge in [-0.15, -0.1) is 0 Å². The van der Waals surface area contributed by atoms with Crippen LogP contribution in [-0.4, -0.2) is 12.6 Å². The van der Waals surface area contributed by atoms with E-state index in [0.717, 1.165) is 0 Å². The number of rotatable bonds is 3. The largest absolute Gasteiger partial charge is 0.466 e. The molecule has 0 amide bonds. The summed E-state index contributed by atoms with van der Waals surface area (Å²) in [7, 11) is 0. The minimum Gasteiger partial charge on any atom is -0.466 e. The van der Waals surface area contributed by atoms with Gasteiger partial charge in [-0.05, 0) is 24.6 Å². The highest BCUT2D eigenvalue weighted by Crippen LogP contribution is 2.24. The van der Waals surface area contributed by atoms with E-state index in [1.165, 1.54) is 12.2 Å².